The average molecular weight is 401 g/mol. The maximum Gasteiger partial charge on any atom is 0.191 e. The van der Waals surface area contributed by atoms with E-state index in [4.69, 9.17) is 9.73 Å². The molecule has 1 saturated heterocycles. The van der Waals surface area contributed by atoms with Gasteiger partial charge < -0.3 is 15.4 Å². The first-order chi connectivity index (χ1) is 13.7. The molecule has 5 nitrogen and oxygen atoms in total. The highest BCUT2D eigenvalue weighted by Crippen LogP contribution is 2.35. The normalized spacial score (nSPS) is 20.8. The first-order valence-corrected chi connectivity index (χ1v) is 11.0. The maximum absolute atomic E-state index is 5.32. The van der Waals surface area contributed by atoms with Crippen molar-refractivity contribution in [2.45, 2.75) is 32.4 Å². The summed E-state index contributed by atoms with van der Waals surface area (Å²) in [5.74, 6) is 2.35. The molecule has 28 heavy (non-hydrogen) atoms. The van der Waals surface area contributed by atoms with Gasteiger partial charge in [-0.15, -0.1) is 11.3 Å². The Kier molecular flexibility index (Phi) is 7.74. The number of nitrogens with one attached hydrogen (secondary N) is 2. The van der Waals surface area contributed by atoms with E-state index in [2.05, 4.69) is 71.3 Å². The van der Waals surface area contributed by atoms with Crippen LogP contribution in [-0.4, -0.2) is 44.7 Å². The van der Waals surface area contributed by atoms with Gasteiger partial charge in [0.25, 0.3) is 0 Å². The van der Waals surface area contributed by atoms with E-state index in [9.17, 15) is 0 Å². The molecule has 2 aromatic rings. The van der Waals surface area contributed by atoms with Crippen molar-refractivity contribution < 1.29 is 4.74 Å². The van der Waals surface area contributed by atoms with Gasteiger partial charge >= 0.3 is 0 Å². The fraction of sp³-hybridized carbons (Fsp3) is 0.500. The molecule has 152 valence electrons. The Labute approximate surface area is 172 Å². The lowest BCUT2D eigenvalue weighted by atomic mass is 9.85. The molecule has 2 atom stereocenters. The SMILES string of the molecule is CCNC(=NCc1cccs1)NCC1CCCN(C)C1c1ccc(OC)cc1. The largest absolute Gasteiger partial charge is 0.497 e. The zero-order valence-electron chi connectivity index (χ0n) is 17.1. The number of hydrogen-bond donors (Lipinski definition) is 2. The molecule has 0 saturated carbocycles. The summed E-state index contributed by atoms with van der Waals surface area (Å²) in [5.41, 5.74) is 1.36. The van der Waals surface area contributed by atoms with Crippen LogP contribution in [0.3, 0.4) is 0 Å². The van der Waals surface area contributed by atoms with Gasteiger partial charge in [-0.2, -0.15) is 0 Å². The van der Waals surface area contributed by atoms with Crippen molar-refractivity contribution in [3.63, 3.8) is 0 Å². The highest BCUT2D eigenvalue weighted by atomic mass is 32.1. The van der Waals surface area contributed by atoms with E-state index in [-0.39, 0.29) is 0 Å². The topological polar surface area (TPSA) is 48.9 Å². The minimum atomic E-state index is 0.410. The van der Waals surface area contributed by atoms with E-state index in [0.29, 0.717) is 12.0 Å². The third kappa shape index (κ3) is 5.49. The van der Waals surface area contributed by atoms with Crippen molar-refractivity contribution in [2.24, 2.45) is 10.9 Å². The predicted molar refractivity (Wildman–Crippen MR) is 118 cm³/mol. The number of aliphatic imine (C=N–C) groups is 1. The maximum atomic E-state index is 5.32. The van der Waals surface area contributed by atoms with Crippen LogP contribution in [0.4, 0.5) is 0 Å². The summed E-state index contributed by atoms with van der Waals surface area (Å²) >= 11 is 1.75. The van der Waals surface area contributed by atoms with Crippen LogP contribution in [0.5, 0.6) is 5.75 Å². The molecule has 2 heterocycles. The van der Waals surface area contributed by atoms with E-state index in [1.54, 1.807) is 18.4 Å². The molecular weight excluding hydrogens is 368 g/mol. The molecule has 0 bridgehead atoms. The summed E-state index contributed by atoms with van der Waals surface area (Å²) < 4.78 is 5.32. The minimum Gasteiger partial charge on any atom is -0.497 e. The molecule has 1 aliphatic rings. The number of methoxy groups -OCH3 is 1. The number of piperidine rings is 1. The Balaban J connectivity index is 1.67. The van der Waals surface area contributed by atoms with E-state index in [0.717, 1.165) is 37.9 Å². The van der Waals surface area contributed by atoms with Gasteiger partial charge in [-0.05, 0) is 68.4 Å². The van der Waals surface area contributed by atoms with Crippen molar-refractivity contribution in [3.8, 4) is 5.75 Å². The minimum absolute atomic E-state index is 0.410. The molecule has 0 aliphatic carbocycles. The van der Waals surface area contributed by atoms with Gasteiger partial charge in [-0.3, -0.25) is 4.90 Å². The van der Waals surface area contributed by atoms with Gasteiger partial charge in [0, 0.05) is 24.0 Å². The van der Waals surface area contributed by atoms with Crippen molar-refractivity contribution in [2.75, 3.05) is 33.8 Å². The lowest BCUT2D eigenvalue weighted by Gasteiger charge is -2.40. The molecule has 2 N–H and O–H groups in total. The molecule has 6 heteroatoms. The smallest absolute Gasteiger partial charge is 0.191 e. The van der Waals surface area contributed by atoms with Gasteiger partial charge in [0.2, 0.25) is 0 Å². The van der Waals surface area contributed by atoms with Crippen molar-refractivity contribution in [1.82, 2.24) is 15.5 Å². The van der Waals surface area contributed by atoms with Crippen molar-refractivity contribution in [3.05, 3.63) is 52.2 Å². The summed E-state index contributed by atoms with van der Waals surface area (Å²) in [6.45, 7) is 5.75. The predicted octanol–water partition coefficient (Wildman–Crippen LogP) is 3.89. The Morgan fingerprint density at radius 1 is 1.25 bits per heavy atom. The Morgan fingerprint density at radius 3 is 2.75 bits per heavy atom. The summed E-state index contributed by atoms with van der Waals surface area (Å²) in [6.07, 6.45) is 2.46. The van der Waals surface area contributed by atoms with Crippen LogP contribution in [0.1, 0.15) is 36.2 Å². The van der Waals surface area contributed by atoms with E-state index in [1.165, 1.54) is 23.3 Å². The monoisotopic (exact) mass is 400 g/mol. The standard InChI is InChI=1S/C22H32N4OS/c1-4-23-22(25-16-20-8-6-14-28-20)24-15-18-7-5-13-26(2)21(18)17-9-11-19(27-3)12-10-17/h6,8-12,14,18,21H,4-5,7,13,15-16H2,1-3H3,(H2,23,24,25). The van der Waals surface area contributed by atoms with Gasteiger partial charge in [0.15, 0.2) is 5.96 Å². The third-order valence-corrected chi connectivity index (χ3v) is 6.17. The molecule has 1 fully saturated rings. The van der Waals surface area contributed by atoms with E-state index < -0.39 is 0 Å². The number of likely N-dealkylation sites (tertiary alicyclic amines) is 1. The van der Waals surface area contributed by atoms with Crippen LogP contribution in [0.15, 0.2) is 46.8 Å². The van der Waals surface area contributed by atoms with Gasteiger partial charge in [-0.1, -0.05) is 18.2 Å². The van der Waals surface area contributed by atoms with Gasteiger partial charge in [0.05, 0.1) is 13.7 Å². The second-order valence-corrected chi connectivity index (χ2v) is 8.29. The number of thiophene rings is 1. The van der Waals surface area contributed by atoms with Crippen LogP contribution in [0, 0.1) is 5.92 Å². The van der Waals surface area contributed by atoms with Crippen LogP contribution in [0.25, 0.3) is 0 Å². The molecule has 1 aromatic heterocycles. The van der Waals surface area contributed by atoms with Crippen LogP contribution in [0.2, 0.25) is 0 Å². The molecule has 3 rings (SSSR count). The summed E-state index contributed by atoms with van der Waals surface area (Å²) in [6, 6.07) is 13.2. The Bertz CT molecular complexity index is 730. The highest BCUT2D eigenvalue weighted by Gasteiger charge is 2.30. The number of hydrogen-bond acceptors (Lipinski definition) is 4. The Morgan fingerprint density at radius 2 is 2.07 bits per heavy atom. The van der Waals surface area contributed by atoms with Crippen molar-refractivity contribution in [1.29, 1.82) is 0 Å². The number of rotatable bonds is 7. The summed E-state index contributed by atoms with van der Waals surface area (Å²) in [7, 11) is 3.95. The molecule has 2 unspecified atom stereocenters. The second kappa shape index (κ2) is 10.5. The second-order valence-electron chi connectivity index (χ2n) is 7.26. The van der Waals surface area contributed by atoms with Crippen LogP contribution >= 0.6 is 11.3 Å². The molecule has 0 amide bonds. The zero-order valence-corrected chi connectivity index (χ0v) is 18.0. The lowest BCUT2D eigenvalue weighted by Crippen LogP contribution is -2.45. The zero-order chi connectivity index (χ0) is 19.8. The van der Waals surface area contributed by atoms with E-state index >= 15 is 0 Å². The first kappa shape index (κ1) is 20.7. The fourth-order valence-corrected chi connectivity index (χ4v) is 4.56. The first-order valence-electron chi connectivity index (χ1n) is 10.1. The Hall–Kier alpha value is -2.05. The van der Waals surface area contributed by atoms with Crippen LogP contribution < -0.4 is 15.4 Å². The molecule has 0 spiro atoms. The molecule has 0 radical (unpaired) electrons. The summed E-state index contributed by atoms with van der Waals surface area (Å²) in [4.78, 5) is 8.52. The quantitative estimate of drug-likeness (QED) is 0.547. The number of benzene rings is 1. The average Bonchev–Trinajstić information content (AvgIpc) is 3.24. The number of guanidine groups is 1. The van der Waals surface area contributed by atoms with Crippen LogP contribution in [-0.2, 0) is 6.54 Å². The lowest BCUT2D eigenvalue weighted by molar-refractivity contribution is 0.122. The third-order valence-electron chi connectivity index (χ3n) is 5.31. The summed E-state index contributed by atoms with van der Waals surface area (Å²) in [5, 5.41) is 9.07. The van der Waals surface area contributed by atoms with Gasteiger partial charge in [0.1, 0.15) is 5.75 Å². The highest BCUT2D eigenvalue weighted by molar-refractivity contribution is 7.09. The molecule has 1 aromatic carbocycles. The van der Waals surface area contributed by atoms with Gasteiger partial charge in [-0.25, -0.2) is 4.99 Å². The molecule has 1 aliphatic heterocycles. The molecular formula is C22H32N4OS. The number of nitrogens with zero attached hydrogens (tertiary/aromatic N) is 2. The van der Waals surface area contributed by atoms with Crippen molar-refractivity contribution >= 4 is 17.3 Å². The number of ether oxygens (including phenoxy) is 1. The van der Waals surface area contributed by atoms with E-state index in [1.807, 2.05) is 0 Å². The fourth-order valence-electron chi connectivity index (χ4n) is 3.93.